The van der Waals surface area contributed by atoms with E-state index in [4.69, 9.17) is 4.74 Å². The van der Waals surface area contributed by atoms with Crippen molar-refractivity contribution in [3.8, 4) is 0 Å². The molecule has 7 heteroatoms. The van der Waals surface area contributed by atoms with E-state index >= 15 is 0 Å². The summed E-state index contributed by atoms with van der Waals surface area (Å²) in [6.45, 7) is 7.25. The Bertz CT molecular complexity index is 442. The number of rotatable bonds is 6. The Balaban J connectivity index is 1.58. The number of aryl methyl sites for hydroxylation is 1. The van der Waals surface area contributed by atoms with Crippen LogP contribution in [0.15, 0.2) is 12.4 Å². The number of amides is 2. The Morgan fingerprint density at radius 2 is 2.24 bits per heavy atom. The lowest BCUT2D eigenvalue weighted by Crippen LogP contribution is -2.40. The van der Waals surface area contributed by atoms with Gasteiger partial charge in [0.05, 0.1) is 25.5 Å². The maximum absolute atomic E-state index is 11.8. The van der Waals surface area contributed by atoms with Crippen LogP contribution in [0.25, 0.3) is 0 Å². The second-order valence-corrected chi connectivity index (χ2v) is 5.38. The van der Waals surface area contributed by atoms with Crippen molar-refractivity contribution >= 4 is 6.03 Å². The molecule has 1 atom stereocenters. The van der Waals surface area contributed by atoms with Crippen LogP contribution in [-0.2, 0) is 11.8 Å². The average molecular weight is 295 g/mol. The van der Waals surface area contributed by atoms with Gasteiger partial charge in [-0.3, -0.25) is 9.58 Å². The minimum Gasteiger partial charge on any atom is -0.379 e. The van der Waals surface area contributed by atoms with Gasteiger partial charge in [-0.2, -0.15) is 5.10 Å². The van der Waals surface area contributed by atoms with Crippen LogP contribution in [0.5, 0.6) is 0 Å². The number of urea groups is 1. The SMILES string of the molecule is CC(NC(=O)NCCCN1CCOCC1)c1cnn(C)c1. The summed E-state index contributed by atoms with van der Waals surface area (Å²) in [7, 11) is 1.86. The first kappa shape index (κ1) is 15.8. The lowest BCUT2D eigenvalue weighted by molar-refractivity contribution is 0.0375. The van der Waals surface area contributed by atoms with Gasteiger partial charge in [0.25, 0.3) is 0 Å². The molecule has 21 heavy (non-hydrogen) atoms. The monoisotopic (exact) mass is 295 g/mol. The lowest BCUT2D eigenvalue weighted by atomic mass is 10.2. The average Bonchev–Trinajstić information content (AvgIpc) is 2.91. The zero-order valence-corrected chi connectivity index (χ0v) is 12.8. The summed E-state index contributed by atoms with van der Waals surface area (Å²) < 4.78 is 7.03. The van der Waals surface area contributed by atoms with E-state index in [0.717, 1.165) is 44.8 Å². The summed E-state index contributed by atoms with van der Waals surface area (Å²) >= 11 is 0. The minimum atomic E-state index is -0.131. The van der Waals surface area contributed by atoms with E-state index in [1.807, 2.05) is 20.2 Å². The van der Waals surface area contributed by atoms with Crippen LogP contribution in [0.4, 0.5) is 4.79 Å². The van der Waals surface area contributed by atoms with Crippen LogP contribution in [0, 0.1) is 0 Å². The molecule has 1 saturated heterocycles. The molecule has 2 amide bonds. The van der Waals surface area contributed by atoms with Gasteiger partial charge >= 0.3 is 6.03 Å². The molecular weight excluding hydrogens is 270 g/mol. The third-order valence-corrected chi connectivity index (χ3v) is 3.61. The molecule has 0 radical (unpaired) electrons. The highest BCUT2D eigenvalue weighted by atomic mass is 16.5. The predicted octanol–water partition coefficient (Wildman–Crippen LogP) is 0.503. The smallest absolute Gasteiger partial charge is 0.315 e. The van der Waals surface area contributed by atoms with E-state index in [1.165, 1.54) is 0 Å². The number of nitrogens with one attached hydrogen (secondary N) is 2. The topological polar surface area (TPSA) is 71.4 Å². The van der Waals surface area contributed by atoms with Crippen LogP contribution in [0.2, 0.25) is 0 Å². The number of aromatic nitrogens is 2. The maximum Gasteiger partial charge on any atom is 0.315 e. The van der Waals surface area contributed by atoms with Gasteiger partial charge in [0, 0.05) is 38.4 Å². The first-order chi connectivity index (χ1) is 10.1. The van der Waals surface area contributed by atoms with Crippen molar-refractivity contribution in [1.29, 1.82) is 0 Å². The van der Waals surface area contributed by atoms with E-state index in [0.29, 0.717) is 6.54 Å². The predicted molar refractivity (Wildman–Crippen MR) is 80.0 cm³/mol. The zero-order valence-electron chi connectivity index (χ0n) is 12.8. The zero-order chi connectivity index (χ0) is 15.1. The summed E-state index contributed by atoms with van der Waals surface area (Å²) in [5, 5.41) is 9.91. The molecule has 1 aromatic rings. The van der Waals surface area contributed by atoms with Crippen molar-refractivity contribution < 1.29 is 9.53 Å². The molecule has 0 saturated carbocycles. The third-order valence-electron chi connectivity index (χ3n) is 3.61. The van der Waals surface area contributed by atoms with Crippen molar-refractivity contribution in [3.63, 3.8) is 0 Å². The summed E-state index contributed by atoms with van der Waals surface area (Å²) in [4.78, 5) is 14.2. The van der Waals surface area contributed by atoms with E-state index in [-0.39, 0.29) is 12.1 Å². The van der Waals surface area contributed by atoms with Gasteiger partial charge in [-0.15, -0.1) is 0 Å². The molecule has 0 aliphatic carbocycles. The molecule has 2 N–H and O–H groups in total. The molecule has 1 fully saturated rings. The standard InChI is InChI=1S/C14H25N5O2/c1-12(13-10-16-18(2)11-13)17-14(20)15-4-3-5-19-6-8-21-9-7-19/h10-12H,3-9H2,1-2H3,(H2,15,17,20). The van der Waals surface area contributed by atoms with Crippen LogP contribution in [0.3, 0.4) is 0 Å². The first-order valence-electron chi connectivity index (χ1n) is 7.48. The van der Waals surface area contributed by atoms with Gasteiger partial charge in [-0.25, -0.2) is 4.79 Å². The van der Waals surface area contributed by atoms with Crippen LogP contribution in [0.1, 0.15) is 24.9 Å². The first-order valence-corrected chi connectivity index (χ1v) is 7.48. The second-order valence-electron chi connectivity index (χ2n) is 5.38. The highest BCUT2D eigenvalue weighted by molar-refractivity contribution is 5.74. The number of hydrogen-bond donors (Lipinski definition) is 2. The van der Waals surface area contributed by atoms with Crippen molar-refractivity contribution in [2.45, 2.75) is 19.4 Å². The number of carbonyl (C=O) groups excluding carboxylic acids is 1. The van der Waals surface area contributed by atoms with E-state index < -0.39 is 0 Å². The fourth-order valence-electron chi connectivity index (χ4n) is 2.32. The van der Waals surface area contributed by atoms with Crippen molar-refractivity contribution in [1.82, 2.24) is 25.3 Å². The Kier molecular flexibility index (Phi) is 6.01. The van der Waals surface area contributed by atoms with Gasteiger partial charge in [0.15, 0.2) is 0 Å². The van der Waals surface area contributed by atoms with Gasteiger partial charge in [0.2, 0.25) is 0 Å². The van der Waals surface area contributed by atoms with Crippen molar-refractivity contribution in [2.24, 2.45) is 7.05 Å². The maximum atomic E-state index is 11.8. The molecule has 1 aliphatic heterocycles. The van der Waals surface area contributed by atoms with Crippen LogP contribution in [-0.4, -0.2) is 60.1 Å². The van der Waals surface area contributed by atoms with Gasteiger partial charge < -0.3 is 15.4 Å². The Labute approximate surface area is 125 Å². The van der Waals surface area contributed by atoms with Crippen molar-refractivity contribution in [2.75, 3.05) is 39.4 Å². The molecule has 0 aromatic carbocycles. The molecule has 2 heterocycles. The fraction of sp³-hybridized carbons (Fsp3) is 0.714. The second kappa shape index (κ2) is 7.99. The number of ether oxygens (including phenoxy) is 1. The molecule has 1 aliphatic rings. The fourth-order valence-corrected chi connectivity index (χ4v) is 2.32. The molecule has 1 aromatic heterocycles. The summed E-state index contributed by atoms with van der Waals surface area (Å²) in [6, 6.07) is -0.175. The summed E-state index contributed by atoms with van der Waals surface area (Å²) in [6.07, 6.45) is 4.63. The molecular formula is C14H25N5O2. The van der Waals surface area contributed by atoms with Gasteiger partial charge in [0.1, 0.15) is 0 Å². The molecule has 0 bridgehead atoms. The molecule has 0 spiro atoms. The van der Waals surface area contributed by atoms with Gasteiger partial charge in [-0.1, -0.05) is 0 Å². The highest BCUT2D eigenvalue weighted by Crippen LogP contribution is 2.09. The van der Waals surface area contributed by atoms with Gasteiger partial charge in [-0.05, 0) is 19.9 Å². The number of hydrogen-bond acceptors (Lipinski definition) is 4. The van der Waals surface area contributed by atoms with Crippen molar-refractivity contribution in [3.05, 3.63) is 18.0 Å². The number of morpholine rings is 1. The Morgan fingerprint density at radius 1 is 1.48 bits per heavy atom. The summed E-state index contributed by atoms with van der Waals surface area (Å²) in [5.74, 6) is 0. The third kappa shape index (κ3) is 5.35. The summed E-state index contributed by atoms with van der Waals surface area (Å²) in [5.41, 5.74) is 1.00. The molecule has 1 unspecified atom stereocenters. The number of carbonyl (C=O) groups is 1. The highest BCUT2D eigenvalue weighted by Gasteiger charge is 2.11. The van der Waals surface area contributed by atoms with Crippen LogP contribution < -0.4 is 10.6 Å². The number of nitrogens with zero attached hydrogens (tertiary/aromatic N) is 3. The molecule has 7 nitrogen and oxygen atoms in total. The van der Waals surface area contributed by atoms with E-state index in [9.17, 15) is 4.79 Å². The normalized spacial score (nSPS) is 17.4. The lowest BCUT2D eigenvalue weighted by Gasteiger charge is -2.26. The molecule has 118 valence electrons. The van der Waals surface area contributed by atoms with E-state index in [1.54, 1.807) is 10.9 Å². The largest absolute Gasteiger partial charge is 0.379 e. The Hall–Kier alpha value is -1.60. The minimum absolute atomic E-state index is 0.0436. The quantitative estimate of drug-likeness (QED) is 0.750. The van der Waals surface area contributed by atoms with Crippen LogP contribution >= 0.6 is 0 Å². The Morgan fingerprint density at radius 3 is 2.90 bits per heavy atom. The molecule has 2 rings (SSSR count). The van der Waals surface area contributed by atoms with E-state index in [2.05, 4.69) is 20.6 Å².